The molecule has 2 atom stereocenters. The first-order valence-electron chi connectivity index (χ1n) is 9.02. The first-order valence-corrected chi connectivity index (χ1v) is 9.40. The Hall–Kier alpha value is -2.60. The zero-order valence-electron chi connectivity index (χ0n) is 15.3. The van der Waals surface area contributed by atoms with Crippen molar-refractivity contribution in [2.24, 2.45) is 0 Å². The summed E-state index contributed by atoms with van der Waals surface area (Å²) in [6, 6.07) is 7.62. The van der Waals surface area contributed by atoms with Crippen molar-refractivity contribution >= 4 is 23.1 Å². The Balaban J connectivity index is 1.54. The van der Waals surface area contributed by atoms with Crippen molar-refractivity contribution in [1.29, 1.82) is 5.26 Å². The lowest BCUT2D eigenvalue weighted by molar-refractivity contribution is -0.0137. The number of nitrogens with zero attached hydrogens (tertiary/aromatic N) is 3. The van der Waals surface area contributed by atoms with Crippen LogP contribution in [0.25, 0.3) is 0 Å². The van der Waals surface area contributed by atoms with Gasteiger partial charge >= 0.3 is 0 Å². The molecule has 2 aliphatic heterocycles. The van der Waals surface area contributed by atoms with Gasteiger partial charge in [-0.25, -0.2) is 4.98 Å². The maximum atomic E-state index is 8.98. The van der Waals surface area contributed by atoms with E-state index in [0.29, 0.717) is 59.0 Å². The third-order valence-electron chi connectivity index (χ3n) is 4.81. The van der Waals surface area contributed by atoms with Gasteiger partial charge in [-0.05, 0) is 18.2 Å². The van der Waals surface area contributed by atoms with Gasteiger partial charge in [-0.1, -0.05) is 11.6 Å². The molecule has 2 saturated heterocycles. The fourth-order valence-electron chi connectivity index (χ4n) is 3.57. The van der Waals surface area contributed by atoms with Crippen molar-refractivity contribution in [3.63, 3.8) is 0 Å². The predicted octanol–water partition coefficient (Wildman–Crippen LogP) is 2.65. The second-order valence-electron chi connectivity index (χ2n) is 6.80. The van der Waals surface area contributed by atoms with Gasteiger partial charge in [0.25, 0.3) is 5.88 Å². The Bertz CT molecular complexity index is 892. The van der Waals surface area contributed by atoms with Crippen LogP contribution < -0.4 is 20.1 Å². The molecule has 1 aromatic heterocycles. The van der Waals surface area contributed by atoms with Gasteiger partial charge in [-0.3, -0.25) is 0 Å². The molecule has 2 fully saturated rings. The lowest BCUT2D eigenvalue weighted by Crippen LogP contribution is -2.56. The van der Waals surface area contributed by atoms with Crippen molar-refractivity contribution < 1.29 is 14.2 Å². The summed E-state index contributed by atoms with van der Waals surface area (Å²) in [5.41, 5.74) is 1.09. The molecule has 0 radical (unpaired) electrons. The average Bonchev–Trinajstić information content (AvgIpc) is 2.69. The fourth-order valence-corrected chi connectivity index (χ4v) is 3.80. The molecule has 0 spiro atoms. The number of methoxy groups -OCH3 is 1. The van der Waals surface area contributed by atoms with Gasteiger partial charge in [0.2, 0.25) is 5.75 Å². The molecule has 4 rings (SSSR count). The number of benzene rings is 1. The maximum absolute atomic E-state index is 8.98. The van der Waals surface area contributed by atoms with Gasteiger partial charge in [0.1, 0.15) is 12.4 Å². The number of aromatic nitrogens is 2. The van der Waals surface area contributed by atoms with Gasteiger partial charge in [-0.2, -0.15) is 10.2 Å². The smallest absolute Gasteiger partial charge is 0.262 e. The summed E-state index contributed by atoms with van der Waals surface area (Å²) < 4.78 is 17.3. The summed E-state index contributed by atoms with van der Waals surface area (Å²) >= 11 is 6.26. The molecule has 2 unspecified atom stereocenters. The van der Waals surface area contributed by atoms with Gasteiger partial charge < -0.3 is 24.8 Å². The van der Waals surface area contributed by atoms with E-state index in [0.717, 1.165) is 12.8 Å². The van der Waals surface area contributed by atoms with Crippen LogP contribution >= 0.6 is 11.6 Å². The van der Waals surface area contributed by atoms with E-state index in [2.05, 4.69) is 26.7 Å². The molecule has 9 heteroatoms. The SMILES string of the molecule is COc1c(Nc2ccc(C#N)cc2Cl)ncnc1OC1CC2COCC(C1)N2. The predicted molar refractivity (Wildman–Crippen MR) is 103 cm³/mol. The maximum Gasteiger partial charge on any atom is 0.262 e. The Kier molecular flexibility index (Phi) is 5.48. The summed E-state index contributed by atoms with van der Waals surface area (Å²) in [7, 11) is 1.54. The molecule has 8 nitrogen and oxygen atoms in total. The Morgan fingerprint density at radius 3 is 2.75 bits per heavy atom. The highest BCUT2D eigenvalue weighted by Gasteiger charge is 2.33. The van der Waals surface area contributed by atoms with E-state index in [1.54, 1.807) is 25.3 Å². The Labute approximate surface area is 167 Å². The highest BCUT2D eigenvalue weighted by molar-refractivity contribution is 6.33. The molecule has 0 aliphatic carbocycles. The van der Waals surface area contributed by atoms with E-state index in [1.165, 1.54) is 6.33 Å². The van der Waals surface area contributed by atoms with E-state index in [9.17, 15) is 0 Å². The van der Waals surface area contributed by atoms with Gasteiger partial charge in [-0.15, -0.1) is 0 Å². The third kappa shape index (κ3) is 3.97. The van der Waals surface area contributed by atoms with Crippen LogP contribution in [0.5, 0.6) is 11.6 Å². The summed E-state index contributed by atoms with van der Waals surface area (Å²) in [6.07, 6.45) is 3.13. The van der Waals surface area contributed by atoms with Crippen molar-refractivity contribution in [2.45, 2.75) is 31.0 Å². The van der Waals surface area contributed by atoms with E-state index < -0.39 is 0 Å². The highest BCUT2D eigenvalue weighted by atomic mass is 35.5. The van der Waals surface area contributed by atoms with Crippen LogP contribution in [0.2, 0.25) is 5.02 Å². The van der Waals surface area contributed by atoms with E-state index >= 15 is 0 Å². The normalized spacial score (nSPS) is 23.5. The quantitative estimate of drug-likeness (QED) is 0.788. The first-order chi connectivity index (χ1) is 13.7. The van der Waals surface area contributed by atoms with Crippen molar-refractivity contribution in [1.82, 2.24) is 15.3 Å². The van der Waals surface area contributed by atoms with E-state index in [1.807, 2.05) is 0 Å². The van der Waals surface area contributed by atoms with Gasteiger partial charge in [0, 0.05) is 24.9 Å². The number of rotatable bonds is 5. The zero-order chi connectivity index (χ0) is 19.5. The van der Waals surface area contributed by atoms with Crippen LogP contribution in [0.15, 0.2) is 24.5 Å². The first kappa shape index (κ1) is 18.7. The molecule has 2 aromatic rings. The largest absolute Gasteiger partial charge is 0.489 e. The Morgan fingerprint density at radius 1 is 1.29 bits per heavy atom. The number of nitriles is 1. The molecular formula is C19H20ClN5O3. The van der Waals surface area contributed by atoms with Crippen molar-refractivity contribution in [3.8, 4) is 17.7 Å². The number of hydrogen-bond acceptors (Lipinski definition) is 8. The molecule has 3 heterocycles. The second-order valence-corrected chi connectivity index (χ2v) is 7.21. The minimum Gasteiger partial charge on any atom is -0.489 e. The molecule has 2 aliphatic rings. The number of halogens is 1. The van der Waals surface area contributed by atoms with Gasteiger partial charge in [0.15, 0.2) is 5.82 Å². The molecule has 0 amide bonds. The molecule has 2 N–H and O–H groups in total. The number of ether oxygens (including phenoxy) is 3. The molecule has 0 saturated carbocycles. The summed E-state index contributed by atoms with van der Waals surface area (Å²) in [4.78, 5) is 8.52. The average molecular weight is 402 g/mol. The number of piperidine rings is 1. The zero-order valence-corrected chi connectivity index (χ0v) is 16.1. The van der Waals surface area contributed by atoms with Crippen LogP contribution in [0.4, 0.5) is 11.5 Å². The van der Waals surface area contributed by atoms with Crippen LogP contribution in [-0.4, -0.2) is 48.5 Å². The molecule has 28 heavy (non-hydrogen) atoms. The topological polar surface area (TPSA) is 101 Å². The molecular weight excluding hydrogens is 382 g/mol. The standard InChI is InChI=1S/C19H20ClN5O3/c1-26-17-18(25-16-3-2-11(7-21)4-15(16)20)22-10-23-19(17)28-14-5-12-8-27-9-13(6-14)24-12/h2-4,10,12-14,24H,5-6,8-9H2,1H3,(H,22,23,25). The molecule has 2 bridgehead atoms. The van der Waals surface area contributed by atoms with E-state index in [-0.39, 0.29) is 6.10 Å². The van der Waals surface area contributed by atoms with E-state index in [4.69, 9.17) is 31.1 Å². The van der Waals surface area contributed by atoms with Crippen molar-refractivity contribution in [3.05, 3.63) is 35.1 Å². The lowest BCUT2D eigenvalue weighted by Gasteiger charge is -2.39. The van der Waals surface area contributed by atoms with Crippen LogP contribution in [0.3, 0.4) is 0 Å². The summed E-state index contributed by atoms with van der Waals surface area (Å²) in [6.45, 7) is 1.39. The number of nitrogens with one attached hydrogen (secondary N) is 2. The number of morpholine rings is 1. The number of anilines is 2. The molecule has 146 valence electrons. The number of fused-ring (bicyclic) bond motifs is 2. The van der Waals surface area contributed by atoms with Crippen LogP contribution in [0.1, 0.15) is 18.4 Å². The lowest BCUT2D eigenvalue weighted by atomic mass is 9.95. The number of hydrogen-bond donors (Lipinski definition) is 2. The molecule has 1 aromatic carbocycles. The minimum absolute atomic E-state index is 0.0234. The monoisotopic (exact) mass is 401 g/mol. The minimum atomic E-state index is 0.0234. The van der Waals surface area contributed by atoms with Crippen LogP contribution in [-0.2, 0) is 4.74 Å². The highest BCUT2D eigenvalue weighted by Crippen LogP contribution is 2.36. The fraction of sp³-hybridized carbons (Fsp3) is 0.421. The third-order valence-corrected chi connectivity index (χ3v) is 5.12. The summed E-state index contributed by atoms with van der Waals surface area (Å²) in [5.74, 6) is 1.23. The van der Waals surface area contributed by atoms with Gasteiger partial charge in [0.05, 0.1) is 42.7 Å². The van der Waals surface area contributed by atoms with Crippen LogP contribution in [0, 0.1) is 11.3 Å². The van der Waals surface area contributed by atoms with Crippen molar-refractivity contribution in [2.75, 3.05) is 25.6 Å². The second kappa shape index (κ2) is 8.19. The Morgan fingerprint density at radius 2 is 2.07 bits per heavy atom. The summed E-state index contributed by atoms with van der Waals surface area (Å²) in [5, 5.41) is 16.1.